The smallest absolute Gasteiger partial charge is 0.0954 e. The van der Waals surface area contributed by atoms with Gasteiger partial charge in [-0.2, -0.15) is 11.8 Å². The zero-order chi connectivity index (χ0) is 14.0. The average Bonchev–Trinajstić information content (AvgIpc) is 3.03. The van der Waals surface area contributed by atoms with Gasteiger partial charge in [0, 0.05) is 24.8 Å². The second kappa shape index (κ2) is 6.02. The van der Waals surface area contributed by atoms with Crippen LogP contribution in [0.25, 0.3) is 10.2 Å². The Kier molecular flexibility index (Phi) is 4.31. The molecule has 2 N–H and O–H groups in total. The van der Waals surface area contributed by atoms with Gasteiger partial charge in [-0.3, -0.25) is 0 Å². The van der Waals surface area contributed by atoms with Gasteiger partial charge >= 0.3 is 0 Å². The van der Waals surface area contributed by atoms with E-state index in [1.165, 1.54) is 9.71 Å². The highest BCUT2D eigenvalue weighted by Crippen LogP contribution is 2.27. The molecule has 3 nitrogen and oxygen atoms in total. The standard InChI is InChI=1S/C15H20N2OS2/c1-11(16-9-15(18)6-7-19-10-15)8-14-17-12-4-2-3-5-13(12)20-14/h2-5,11,16,18H,6-10H2,1H3. The third-order valence-corrected chi connectivity index (χ3v) is 5.97. The van der Waals surface area contributed by atoms with Crippen molar-refractivity contribution in [3.63, 3.8) is 0 Å². The fourth-order valence-electron chi connectivity index (χ4n) is 2.44. The first-order valence-corrected chi connectivity index (χ1v) is 9.00. The van der Waals surface area contributed by atoms with Crippen molar-refractivity contribution in [3.05, 3.63) is 29.3 Å². The van der Waals surface area contributed by atoms with Crippen molar-refractivity contribution < 1.29 is 5.11 Å². The molecule has 1 aromatic carbocycles. The predicted octanol–water partition coefficient (Wildman–Crippen LogP) is 2.68. The summed E-state index contributed by atoms with van der Waals surface area (Å²) in [5, 5.41) is 15.0. The zero-order valence-corrected chi connectivity index (χ0v) is 13.3. The third kappa shape index (κ3) is 3.34. The van der Waals surface area contributed by atoms with Crippen molar-refractivity contribution in [3.8, 4) is 0 Å². The van der Waals surface area contributed by atoms with E-state index < -0.39 is 5.60 Å². The van der Waals surface area contributed by atoms with Gasteiger partial charge in [0.25, 0.3) is 0 Å². The van der Waals surface area contributed by atoms with E-state index in [1.54, 1.807) is 11.3 Å². The van der Waals surface area contributed by atoms with E-state index in [0.717, 1.165) is 29.9 Å². The molecule has 1 fully saturated rings. The Hall–Kier alpha value is -0.620. The van der Waals surface area contributed by atoms with Crippen molar-refractivity contribution in [2.75, 3.05) is 18.1 Å². The molecule has 1 aliphatic rings. The van der Waals surface area contributed by atoms with Crippen molar-refractivity contribution in [2.24, 2.45) is 0 Å². The molecule has 3 rings (SSSR count). The number of benzene rings is 1. The molecular formula is C15H20N2OS2. The summed E-state index contributed by atoms with van der Waals surface area (Å²) < 4.78 is 1.25. The minimum atomic E-state index is -0.507. The highest BCUT2D eigenvalue weighted by Gasteiger charge is 2.31. The molecule has 5 heteroatoms. The lowest BCUT2D eigenvalue weighted by molar-refractivity contribution is 0.0651. The van der Waals surface area contributed by atoms with Crippen LogP contribution in [0.5, 0.6) is 0 Å². The predicted molar refractivity (Wildman–Crippen MR) is 87.7 cm³/mol. The van der Waals surface area contributed by atoms with E-state index >= 15 is 0 Å². The zero-order valence-electron chi connectivity index (χ0n) is 11.6. The fourth-order valence-corrected chi connectivity index (χ4v) is 4.83. The molecule has 0 aliphatic carbocycles. The maximum absolute atomic E-state index is 10.3. The van der Waals surface area contributed by atoms with Crippen LogP contribution in [-0.4, -0.2) is 39.8 Å². The number of hydrogen-bond acceptors (Lipinski definition) is 5. The topological polar surface area (TPSA) is 45.2 Å². The fraction of sp³-hybridized carbons (Fsp3) is 0.533. The second-order valence-corrected chi connectivity index (χ2v) is 7.81. The van der Waals surface area contributed by atoms with Crippen molar-refractivity contribution in [1.82, 2.24) is 10.3 Å². The lowest BCUT2D eigenvalue weighted by Crippen LogP contribution is -2.44. The molecule has 2 atom stereocenters. The third-order valence-electron chi connectivity index (χ3n) is 3.68. The summed E-state index contributed by atoms with van der Waals surface area (Å²) in [4.78, 5) is 4.66. The van der Waals surface area contributed by atoms with Gasteiger partial charge in [0.05, 0.1) is 20.8 Å². The number of rotatable bonds is 5. The van der Waals surface area contributed by atoms with Crippen LogP contribution >= 0.6 is 23.1 Å². The van der Waals surface area contributed by atoms with Crippen LogP contribution in [0.2, 0.25) is 0 Å². The summed E-state index contributed by atoms with van der Waals surface area (Å²) in [6.07, 6.45) is 1.82. The van der Waals surface area contributed by atoms with E-state index in [-0.39, 0.29) is 0 Å². The molecule has 1 aromatic heterocycles. The van der Waals surface area contributed by atoms with Crippen LogP contribution in [0.3, 0.4) is 0 Å². The molecule has 2 unspecified atom stereocenters. The summed E-state index contributed by atoms with van der Waals surface area (Å²) in [6, 6.07) is 8.60. The number of thiazole rings is 1. The molecular weight excluding hydrogens is 288 g/mol. The molecule has 108 valence electrons. The first-order valence-electron chi connectivity index (χ1n) is 7.03. The monoisotopic (exact) mass is 308 g/mol. The molecule has 1 aliphatic heterocycles. The van der Waals surface area contributed by atoms with Gasteiger partial charge in [-0.05, 0) is 31.2 Å². The number of para-hydroxylation sites is 1. The number of aromatic nitrogens is 1. The molecule has 0 spiro atoms. The van der Waals surface area contributed by atoms with Gasteiger partial charge in [-0.1, -0.05) is 12.1 Å². The number of nitrogens with one attached hydrogen (secondary N) is 1. The Morgan fingerprint density at radius 2 is 2.30 bits per heavy atom. The summed E-state index contributed by atoms with van der Waals surface area (Å²) in [6.45, 7) is 2.85. The molecule has 2 heterocycles. The van der Waals surface area contributed by atoms with Crippen molar-refractivity contribution in [1.29, 1.82) is 0 Å². The number of hydrogen-bond donors (Lipinski definition) is 2. The number of aliphatic hydroxyl groups is 1. The SMILES string of the molecule is CC(Cc1nc2ccccc2s1)NCC1(O)CCSC1. The highest BCUT2D eigenvalue weighted by molar-refractivity contribution is 7.99. The van der Waals surface area contributed by atoms with Crippen LogP contribution in [0.15, 0.2) is 24.3 Å². The molecule has 0 bridgehead atoms. The van der Waals surface area contributed by atoms with Crippen LogP contribution in [0, 0.1) is 0 Å². The number of nitrogens with zero attached hydrogens (tertiary/aromatic N) is 1. The summed E-state index contributed by atoms with van der Waals surface area (Å²) in [5.41, 5.74) is 0.581. The Morgan fingerprint density at radius 3 is 3.05 bits per heavy atom. The Labute approximate surface area is 127 Å². The number of fused-ring (bicyclic) bond motifs is 1. The summed E-state index contributed by atoms with van der Waals surface area (Å²) in [7, 11) is 0. The molecule has 20 heavy (non-hydrogen) atoms. The first-order chi connectivity index (χ1) is 9.65. The number of thioether (sulfide) groups is 1. The van der Waals surface area contributed by atoms with Crippen LogP contribution in [0.4, 0.5) is 0 Å². The lowest BCUT2D eigenvalue weighted by Gasteiger charge is -2.24. The molecule has 0 saturated carbocycles. The second-order valence-electron chi connectivity index (χ2n) is 5.59. The Balaban J connectivity index is 1.56. The molecule has 0 radical (unpaired) electrons. The van der Waals surface area contributed by atoms with Gasteiger partial charge in [0.1, 0.15) is 0 Å². The maximum atomic E-state index is 10.3. The van der Waals surface area contributed by atoms with Gasteiger partial charge in [0.15, 0.2) is 0 Å². The molecule has 1 saturated heterocycles. The summed E-state index contributed by atoms with van der Waals surface area (Å²) in [5.74, 6) is 1.93. The average molecular weight is 308 g/mol. The van der Waals surface area contributed by atoms with Crippen LogP contribution < -0.4 is 5.32 Å². The van der Waals surface area contributed by atoms with E-state index in [9.17, 15) is 5.11 Å². The summed E-state index contributed by atoms with van der Waals surface area (Å²) >= 11 is 3.60. The van der Waals surface area contributed by atoms with E-state index in [4.69, 9.17) is 0 Å². The largest absolute Gasteiger partial charge is 0.388 e. The first kappa shape index (κ1) is 14.3. The minimum absolute atomic E-state index is 0.338. The van der Waals surface area contributed by atoms with Gasteiger partial charge < -0.3 is 10.4 Å². The molecule has 2 aromatic rings. The normalized spacial score (nSPS) is 24.3. The van der Waals surface area contributed by atoms with E-state index in [2.05, 4.69) is 35.4 Å². The van der Waals surface area contributed by atoms with Gasteiger partial charge in [-0.15, -0.1) is 11.3 Å². The molecule has 0 amide bonds. The van der Waals surface area contributed by atoms with Gasteiger partial charge in [-0.25, -0.2) is 4.98 Å². The maximum Gasteiger partial charge on any atom is 0.0954 e. The van der Waals surface area contributed by atoms with Crippen LogP contribution in [-0.2, 0) is 6.42 Å². The van der Waals surface area contributed by atoms with E-state index in [0.29, 0.717) is 12.6 Å². The quantitative estimate of drug-likeness (QED) is 0.891. The van der Waals surface area contributed by atoms with E-state index in [1.807, 2.05) is 17.8 Å². The van der Waals surface area contributed by atoms with Crippen molar-refractivity contribution in [2.45, 2.75) is 31.4 Å². The van der Waals surface area contributed by atoms with Gasteiger partial charge in [0.2, 0.25) is 0 Å². The minimum Gasteiger partial charge on any atom is -0.388 e. The Bertz CT molecular complexity index is 545. The van der Waals surface area contributed by atoms with Crippen molar-refractivity contribution >= 4 is 33.3 Å². The highest BCUT2D eigenvalue weighted by atomic mass is 32.2. The van der Waals surface area contributed by atoms with Crippen LogP contribution in [0.1, 0.15) is 18.4 Å². The lowest BCUT2D eigenvalue weighted by atomic mass is 10.0. The Morgan fingerprint density at radius 1 is 1.45 bits per heavy atom.